The molecule has 0 unspecified atom stereocenters. The average Bonchev–Trinajstić information content (AvgIpc) is 3.01. The van der Waals surface area contributed by atoms with E-state index in [0.29, 0.717) is 33.3 Å². The Balaban J connectivity index is 1.87. The van der Waals surface area contributed by atoms with Gasteiger partial charge in [0, 0.05) is 5.02 Å². The first-order valence-electron chi connectivity index (χ1n) is 10.2. The molecule has 0 spiro atoms. The standard InChI is InChI=1S/C26H23ClN2O3/c1-15-5-10-20(11-6-15)29-25(30)23(18-8-7-16(2)17(3)13-18)24(26(29)31)28-21-14-19(27)9-12-22(21)32-4/h5-14,28H,1-4H3. The Kier molecular flexibility index (Phi) is 5.76. The monoisotopic (exact) mass is 446 g/mol. The number of nitrogens with zero attached hydrogens (tertiary/aromatic N) is 1. The molecular formula is C26H23ClN2O3. The molecule has 1 aliphatic heterocycles. The van der Waals surface area contributed by atoms with Crippen LogP contribution in [-0.4, -0.2) is 18.9 Å². The van der Waals surface area contributed by atoms with E-state index >= 15 is 0 Å². The average molecular weight is 447 g/mol. The highest BCUT2D eigenvalue weighted by atomic mass is 35.5. The molecule has 0 aliphatic carbocycles. The minimum absolute atomic E-state index is 0.180. The van der Waals surface area contributed by atoms with Crippen LogP contribution < -0.4 is 15.0 Å². The number of hydrogen-bond donors (Lipinski definition) is 1. The van der Waals surface area contributed by atoms with Gasteiger partial charge in [0.1, 0.15) is 11.4 Å². The molecule has 0 atom stereocenters. The van der Waals surface area contributed by atoms with Crippen LogP contribution in [0.25, 0.3) is 5.57 Å². The number of carbonyl (C=O) groups is 2. The molecule has 1 aliphatic rings. The summed E-state index contributed by atoms with van der Waals surface area (Å²) in [6.07, 6.45) is 0. The minimum atomic E-state index is -0.436. The van der Waals surface area contributed by atoms with E-state index in [1.807, 2.05) is 51.1 Å². The van der Waals surface area contributed by atoms with Crippen molar-refractivity contribution in [1.82, 2.24) is 0 Å². The number of halogens is 1. The van der Waals surface area contributed by atoms with Gasteiger partial charge in [-0.05, 0) is 67.8 Å². The van der Waals surface area contributed by atoms with Gasteiger partial charge >= 0.3 is 0 Å². The Morgan fingerprint density at radius 3 is 2.22 bits per heavy atom. The van der Waals surface area contributed by atoms with Gasteiger partial charge in [-0.25, -0.2) is 4.90 Å². The highest BCUT2D eigenvalue weighted by Gasteiger charge is 2.40. The summed E-state index contributed by atoms with van der Waals surface area (Å²) in [7, 11) is 1.53. The van der Waals surface area contributed by atoms with E-state index < -0.39 is 5.91 Å². The number of hydrogen-bond acceptors (Lipinski definition) is 4. The van der Waals surface area contributed by atoms with Crippen LogP contribution in [-0.2, 0) is 9.59 Å². The second kappa shape index (κ2) is 8.52. The molecule has 0 saturated heterocycles. The van der Waals surface area contributed by atoms with Gasteiger partial charge in [-0.1, -0.05) is 47.5 Å². The smallest absolute Gasteiger partial charge is 0.282 e. The van der Waals surface area contributed by atoms with E-state index in [9.17, 15) is 9.59 Å². The number of aryl methyl sites for hydroxylation is 3. The molecule has 3 aromatic carbocycles. The van der Waals surface area contributed by atoms with Crippen LogP contribution in [0.5, 0.6) is 5.75 Å². The Hall–Kier alpha value is -3.57. The van der Waals surface area contributed by atoms with Gasteiger partial charge in [-0.3, -0.25) is 9.59 Å². The minimum Gasteiger partial charge on any atom is -0.495 e. The van der Waals surface area contributed by atoms with Crippen LogP contribution >= 0.6 is 11.6 Å². The van der Waals surface area contributed by atoms with Crippen molar-refractivity contribution in [3.8, 4) is 5.75 Å². The van der Waals surface area contributed by atoms with Gasteiger partial charge in [0.15, 0.2) is 0 Å². The van der Waals surface area contributed by atoms with Gasteiger partial charge in [-0.15, -0.1) is 0 Å². The number of imide groups is 1. The lowest BCUT2D eigenvalue weighted by molar-refractivity contribution is -0.120. The summed E-state index contributed by atoms with van der Waals surface area (Å²) in [6, 6.07) is 18.1. The molecular weight excluding hydrogens is 424 g/mol. The van der Waals surface area contributed by atoms with E-state index in [0.717, 1.165) is 16.7 Å². The summed E-state index contributed by atoms with van der Waals surface area (Å²) in [4.78, 5) is 28.3. The molecule has 0 aromatic heterocycles. The second-order valence-corrected chi connectivity index (χ2v) is 8.24. The molecule has 0 bridgehead atoms. The van der Waals surface area contributed by atoms with Crippen molar-refractivity contribution < 1.29 is 14.3 Å². The quantitative estimate of drug-likeness (QED) is 0.513. The number of nitrogens with one attached hydrogen (secondary N) is 1. The zero-order valence-electron chi connectivity index (χ0n) is 18.3. The molecule has 6 heteroatoms. The van der Waals surface area contributed by atoms with Crippen molar-refractivity contribution in [1.29, 1.82) is 0 Å². The third-order valence-corrected chi connectivity index (χ3v) is 5.83. The number of anilines is 2. The van der Waals surface area contributed by atoms with Gasteiger partial charge in [0.2, 0.25) is 0 Å². The topological polar surface area (TPSA) is 58.6 Å². The molecule has 32 heavy (non-hydrogen) atoms. The fourth-order valence-electron chi connectivity index (χ4n) is 3.65. The molecule has 162 valence electrons. The van der Waals surface area contributed by atoms with E-state index in [4.69, 9.17) is 16.3 Å². The molecule has 0 saturated carbocycles. The molecule has 1 N–H and O–H groups in total. The lowest BCUT2D eigenvalue weighted by Gasteiger charge is -2.16. The van der Waals surface area contributed by atoms with Crippen molar-refractivity contribution in [2.45, 2.75) is 20.8 Å². The van der Waals surface area contributed by atoms with Gasteiger partial charge in [0.25, 0.3) is 11.8 Å². The number of carbonyl (C=O) groups excluding carboxylic acids is 2. The molecule has 4 rings (SSSR count). The lowest BCUT2D eigenvalue weighted by Crippen LogP contribution is -2.32. The third-order valence-electron chi connectivity index (χ3n) is 5.59. The zero-order valence-corrected chi connectivity index (χ0v) is 19.1. The Morgan fingerprint density at radius 2 is 1.56 bits per heavy atom. The van der Waals surface area contributed by atoms with Crippen LogP contribution in [0.4, 0.5) is 11.4 Å². The summed E-state index contributed by atoms with van der Waals surface area (Å²) in [5.74, 6) is -0.310. The summed E-state index contributed by atoms with van der Waals surface area (Å²) >= 11 is 6.18. The van der Waals surface area contributed by atoms with Crippen LogP contribution in [0.15, 0.2) is 66.4 Å². The Bertz CT molecular complexity index is 1260. The number of methoxy groups -OCH3 is 1. The summed E-state index contributed by atoms with van der Waals surface area (Å²) in [5, 5.41) is 3.61. The summed E-state index contributed by atoms with van der Waals surface area (Å²) in [6.45, 7) is 5.93. The lowest BCUT2D eigenvalue weighted by atomic mass is 9.99. The van der Waals surface area contributed by atoms with Crippen LogP contribution in [0.1, 0.15) is 22.3 Å². The molecule has 3 aromatic rings. The first-order chi connectivity index (χ1) is 15.3. The molecule has 0 fully saturated rings. The van der Waals surface area contributed by atoms with Crippen molar-refractivity contribution >= 4 is 40.4 Å². The SMILES string of the molecule is COc1ccc(Cl)cc1NC1=C(c2ccc(C)c(C)c2)C(=O)N(c2ccc(C)cc2)C1=O. The van der Waals surface area contributed by atoms with Crippen LogP contribution in [0.3, 0.4) is 0 Å². The van der Waals surface area contributed by atoms with Crippen molar-refractivity contribution in [3.05, 3.63) is 93.6 Å². The van der Waals surface area contributed by atoms with E-state index in [2.05, 4.69) is 5.32 Å². The summed E-state index contributed by atoms with van der Waals surface area (Å²) in [5.41, 5.74) is 5.35. The second-order valence-electron chi connectivity index (χ2n) is 7.80. The highest BCUT2D eigenvalue weighted by Crippen LogP contribution is 2.37. The number of ether oxygens (including phenoxy) is 1. The molecule has 2 amide bonds. The predicted octanol–water partition coefficient (Wildman–Crippen LogP) is 5.67. The van der Waals surface area contributed by atoms with Gasteiger partial charge in [-0.2, -0.15) is 0 Å². The predicted molar refractivity (Wildman–Crippen MR) is 128 cm³/mol. The third kappa shape index (κ3) is 3.87. The maximum Gasteiger partial charge on any atom is 0.282 e. The fraction of sp³-hybridized carbons (Fsp3) is 0.154. The number of amides is 2. The first kappa shape index (κ1) is 21.7. The van der Waals surface area contributed by atoms with Crippen molar-refractivity contribution in [2.24, 2.45) is 0 Å². The first-order valence-corrected chi connectivity index (χ1v) is 10.6. The fourth-order valence-corrected chi connectivity index (χ4v) is 3.82. The van der Waals surface area contributed by atoms with Crippen molar-refractivity contribution in [3.63, 3.8) is 0 Å². The number of rotatable bonds is 5. The Labute approximate surface area is 192 Å². The normalized spacial score (nSPS) is 13.7. The van der Waals surface area contributed by atoms with E-state index in [-0.39, 0.29) is 11.6 Å². The highest BCUT2D eigenvalue weighted by molar-refractivity contribution is 6.46. The zero-order chi connectivity index (χ0) is 23.0. The number of benzene rings is 3. The van der Waals surface area contributed by atoms with E-state index in [1.165, 1.54) is 12.0 Å². The van der Waals surface area contributed by atoms with E-state index in [1.54, 1.807) is 30.3 Å². The van der Waals surface area contributed by atoms with Crippen molar-refractivity contribution in [2.75, 3.05) is 17.3 Å². The Morgan fingerprint density at radius 1 is 0.844 bits per heavy atom. The van der Waals surface area contributed by atoms with Gasteiger partial charge in [0.05, 0.1) is 24.1 Å². The maximum absolute atomic E-state index is 13.6. The largest absolute Gasteiger partial charge is 0.495 e. The van der Waals surface area contributed by atoms with Crippen LogP contribution in [0, 0.1) is 20.8 Å². The summed E-state index contributed by atoms with van der Waals surface area (Å²) < 4.78 is 5.42. The molecule has 5 nitrogen and oxygen atoms in total. The molecule has 1 heterocycles. The van der Waals surface area contributed by atoms with Crippen LogP contribution in [0.2, 0.25) is 5.02 Å². The van der Waals surface area contributed by atoms with Gasteiger partial charge < -0.3 is 10.1 Å². The molecule has 0 radical (unpaired) electrons. The maximum atomic E-state index is 13.6.